The summed E-state index contributed by atoms with van der Waals surface area (Å²) in [5, 5.41) is 5.04. The molecule has 2 aromatic carbocycles. The van der Waals surface area contributed by atoms with Crippen LogP contribution in [0.4, 0.5) is 11.5 Å². The molecule has 0 bridgehead atoms. The predicted molar refractivity (Wildman–Crippen MR) is 146 cm³/mol. The topological polar surface area (TPSA) is 78.0 Å². The molecule has 0 spiro atoms. The quantitative estimate of drug-likeness (QED) is 0.384. The van der Waals surface area contributed by atoms with Gasteiger partial charge in [-0.15, -0.1) is 0 Å². The van der Waals surface area contributed by atoms with E-state index in [9.17, 15) is 0 Å². The molecular formula is C27H32Cl2N4O4. The zero-order chi connectivity index (χ0) is 25.6. The van der Waals surface area contributed by atoms with Crippen molar-refractivity contribution in [1.82, 2.24) is 14.9 Å². The van der Waals surface area contributed by atoms with Gasteiger partial charge in [0, 0.05) is 50.0 Å². The SMILES string of the molecule is COc1cc2c(Nc3ccc(Cl)c(Cl)c3)ncnc2cc1OCC1CN(CC2CCCCO2)CCCO1. The number of methoxy groups -OCH3 is 1. The number of hydrogen-bond acceptors (Lipinski definition) is 8. The summed E-state index contributed by atoms with van der Waals surface area (Å²) in [4.78, 5) is 11.3. The van der Waals surface area contributed by atoms with Crippen molar-refractivity contribution in [2.24, 2.45) is 0 Å². The second-order valence-corrected chi connectivity index (χ2v) is 10.2. The molecule has 5 rings (SSSR count). The average Bonchev–Trinajstić information content (AvgIpc) is 3.14. The summed E-state index contributed by atoms with van der Waals surface area (Å²) < 4.78 is 24.0. The maximum absolute atomic E-state index is 6.24. The lowest BCUT2D eigenvalue weighted by Crippen LogP contribution is -2.41. The molecule has 0 aliphatic carbocycles. The molecule has 2 aliphatic rings. The molecule has 37 heavy (non-hydrogen) atoms. The molecule has 2 saturated heterocycles. The van der Waals surface area contributed by atoms with E-state index in [4.69, 9.17) is 42.1 Å². The number of nitrogens with one attached hydrogen (secondary N) is 1. The Bertz CT molecular complexity index is 1210. The van der Waals surface area contributed by atoms with Crippen molar-refractivity contribution >= 4 is 45.6 Å². The third-order valence-electron chi connectivity index (χ3n) is 6.70. The molecule has 1 N–H and O–H groups in total. The van der Waals surface area contributed by atoms with E-state index in [1.807, 2.05) is 18.2 Å². The van der Waals surface area contributed by atoms with E-state index >= 15 is 0 Å². The molecule has 1 aromatic heterocycles. The molecule has 0 radical (unpaired) electrons. The van der Waals surface area contributed by atoms with Gasteiger partial charge in [0.25, 0.3) is 0 Å². The van der Waals surface area contributed by atoms with E-state index in [1.165, 1.54) is 19.2 Å². The van der Waals surface area contributed by atoms with Crippen molar-refractivity contribution in [3.63, 3.8) is 0 Å². The van der Waals surface area contributed by atoms with Gasteiger partial charge < -0.3 is 24.3 Å². The Morgan fingerprint density at radius 2 is 1.86 bits per heavy atom. The maximum atomic E-state index is 6.24. The monoisotopic (exact) mass is 546 g/mol. The second-order valence-electron chi connectivity index (χ2n) is 9.40. The van der Waals surface area contributed by atoms with E-state index in [0.717, 1.165) is 62.3 Å². The first-order valence-corrected chi connectivity index (χ1v) is 13.5. The molecule has 8 nitrogen and oxygen atoms in total. The number of ether oxygens (including phenoxy) is 4. The molecule has 2 aliphatic heterocycles. The fraction of sp³-hybridized carbons (Fsp3) is 0.481. The number of benzene rings is 2. The summed E-state index contributed by atoms with van der Waals surface area (Å²) in [5.74, 6) is 1.84. The summed E-state index contributed by atoms with van der Waals surface area (Å²) in [5.41, 5.74) is 1.49. The third kappa shape index (κ3) is 6.75. The van der Waals surface area contributed by atoms with Crippen molar-refractivity contribution in [3.8, 4) is 11.5 Å². The van der Waals surface area contributed by atoms with E-state index in [0.29, 0.717) is 40.1 Å². The highest BCUT2D eigenvalue weighted by Gasteiger charge is 2.24. The van der Waals surface area contributed by atoms with Gasteiger partial charge in [0.1, 0.15) is 24.9 Å². The zero-order valence-electron chi connectivity index (χ0n) is 20.9. The van der Waals surface area contributed by atoms with Crippen LogP contribution < -0.4 is 14.8 Å². The first kappa shape index (κ1) is 26.3. The number of rotatable bonds is 8. The number of fused-ring (bicyclic) bond motifs is 1. The van der Waals surface area contributed by atoms with Crippen molar-refractivity contribution in [1.29, 1.82) is 0 Å². The lowest BCUT2D eigenvalue weighted by Gasteiger charge is -2.30. The summed E-state index contributed by atoms with van der Waals surface area (Å²) in [6.45, 7) is 4.80. The van der Waals surface area contributed by atoms with Crippen LogP contribution in [0.3, 0.4) is 0 Å². The van der Waals surface area contributed by atoms with Gasteiger partial charge in [-0.25, -0.2) is 9.97 Å². The normalized spacial score (nSPS) is 20.9. The Balaban J connectivity index is 1.28. The van der Waals surface area contributed by atoms with Crippen LogP contribution in [0, 0.1) is 0 Å². The van der Waals surface area contributed by atoms with E-state index in [1.54, 1.807) is 19.2 Å². The van der Waals surface area contributed by atoms with E-state index < -0.39 is 0 Å². The number of halogens is 2. The molecule has 2 unspecified atom stereocenters. The van der Waals surface area contributed by atoms with Gasteiger partial charge >= 0.3 is 0 Å². The lowest BCUT2D eigenvalue weighted by molar-refractivity contribution is -0.0172. The molecule has 2 fully saturated rings. The van der Waals surface area contributed by atoms with Crippen LogP contribution in [0.25, 0.3) is 10.9 Å². The molecule has 0 saturated carbocycles. The number of anilines is 2. The molecule has 3 aromatic rings. The van der Waals surface area contributed by atoms with Crippen LogP contribution in [0.1, 0.15) is 25.7 Å². The number of hydrogen-bond donors (Lipinski definition) is 1. The van der Waals surface area contributed by atoms with Crippen LogP contribution >= 0.6 is 23.2 Å². The minimum absolute atomic E-state index is 0.0382. The highest BCUT2D eigenvalue weighted by molar-refractivity contribution is 6.42. The fourth-order valence-corrected chi connectivity index (χ4v) is 5.10. The van der Waals surface area contributed by atoms with Gasteiger partial charge in [-0.2, -0.15) is 0 Å². The summed E-state index contributed by atoms with van der Waals surface area (Å²) >= 11 is 12.2. The van der Waals surface area contributed by atoms with Crippen LogP contribution in [-0.4, -0.2) is 73.6 Å². The van der Waals surface area contributed by atoms with Crippen molar-refractivity contribution in [2.45, 2.75) is 37.9 Å². The second kappa shape index (κ2) is 12.5. The minimum atomic E-state index is -0.0382. The molecular weight excluding hydrogens is 515 g/mol. The Hall–Kier alpha value is -2.36. The van der Waals surface area contributed by atoms with Crippen LogP contribution in [0.15, 0.2) is 36.7 Å². The van der Waals surface area contributed by atoms with E-state index in [2.05, 4.69) is 20.2 Å². The maximum Gasteiger partial charge on any atom is 0.163 e. The highest BCUT2D eigenvalue weighted by atomic mass is 35.5. The van der Waals surface area contributed by atoms with Crippen LogP contribution in [0.5, 0.6) is 11.5 Å². The molecule has 0 amide bonds. The lowest BCUT2D eigenvalue weighted by atomic mass is 10.1. The van der Waals surface area contributed by atoms with Gasteiger partial charge in [-0.05, 0) is 49.9 Å². The highest BCUT2D eigenvalue weighted by Crippen LogP contribution is 2.35. The van der Waals surface area contributed by atoms with Crippen LogP contribution in [-0.2, 0) is 9.47 Å². The molecule has 3 heterocycles. The predicted octanol–water partition coefficient (Wildman–Crippen LogP) is 5.73. The van der Waals surface area contributed by atoms with Crippen LogP contribution in [0.2, 0.25) is 10.0 Å². The van der Waals surface area contributed by atoms with Gasteiger partial charge in [0.05, 0.1) is 28.8 Å². The molecule has 10 heteroatoms. The van der Waals surface area contributed by atoms with Crippen molar-refractivity contribution in [3.05, 3.63) is 46.7 Å². The van der Waals surface area contributed by atoms with Crippen molar-refractivity contribution < 1.29 is 18.9 Å². The van der Waals surface area contributed by atoms with Gasteiger partial charge in [0.2, 0.25) is 0 Å². The van der Waals surface area contributed by atoms with Gasteiger partial charge in [0.15, 0.2) is 11.5 Å². The largest absolute Gasteiger partial charge is 0.493 e. The summed E-state index contributed by atoms with van der Waals surface area (Å²) in [7, 11) is 1.62. The number of nitrogens with zero attached hydrogens (tertiary/aromatic N) is 3. The van der Waals surface area contributed by atoms with E-state index in [-0.39, 0.29) is 6.10 Å². The Labute approximate surface area is 227 Å². The first-order chi connectivity index (χ1) is 18.1. The van der Waals surface area contributed by atoms with Gasteiger partial charge in [-0.1, -0.05) is 23.2 Å². The minimum Gasteiger partial charge on any atom is -0.493 e. The smallest absolute Gasteiger partial charge is 0.163 e. The van der Waals surface area contributed by atoms with Crippen molar-refractivity contribution in [2.75, 3.05) is 51.9 Å². The Kier molecular flexibility index (Phi) is 8.84. The Morgan fingerprint density at radius 3 is 2.68 bits per heavy atom. The fourth-order valence-electron chi connectivity index (χ4n) is 4.81. The Morgan fingerprint density at radius 1 is 1.00 bits per heavy atom. The number of aromatic nitrogens is 2. The summed E-state index contributed by atoms with van der Waals surface area (Å²) in [6, 6.07) is 9.09. The first-order valence-electron chi connectivity index (χ1n) is 12.7. The molecule has 198 valence electrons. The molecule has 2 atom stereocenters. The average molecular weight is 547 g/mol. The zero-order valence-corrected chi connectivity index (χ0v) is 22.4. The standard InChI is InChI=1S/C27H32Cl2N4O4/c1-34-25-12-21-24(30-17-31-27(21)32-18-6-7-22(28)23(29)11-18)13-26(25)37-16-20-15-33(8-4-10-36-20)14-19-5-2-3-9-35-19/h6-7,11-13,17,19-20H,2-5,8-10,14-16H2,1H3,(H,30,31,32). The van der Waals surface area contributed by atoms with Gasteiger partial charge in [-0.3, -0.25) is 4.90 Å². The third-order valence-corrected chi connectivity index (χ3v) is 7.44. The summed E-state index contributed by atoms with van der Waals surface area (Å²) in [6.07, 6.45) is 6.35.